The van der Waals surface area contributed by atoms with Gasteiger partial charge in [-0.05, 0) is 48.5 Å². The van der Waals surface area contributed by atoms with Gasteiger partial charge >= 0.3 is 0 Å². The van der Waals surface area contributed by atoms with Gasteiger partial charge in [0.15, 0.2) is 5.57 Å². The molecule has 0 spiro atoms. The number of amides is 1. The SMILES string of the molecule is N#CC(C(=O)Nc1ccc(Cl)cc1Cl)=c1sc(=Cc2ccccn2)c(=O)n1Cc1ccco1. The van der Waals surface area contributed by atoms with E-state index in [1.807, 2.05) is 6.07 Å². The molecule has 33 heavy (non-hydrogen) atoms. The largest absolute Gasteiger partial charge is 0.467 e. The van der Waals surface area contributed by atoms with Crippen molar-refractivity contribution in [3.8, 4) is 6.07 Å². The second-order valence-corrected chi connectivity index (χ2v) is 8.58. The molecule has 0 aliphatic heterocycles. The lowest BCUT2D eigenvalue weighted by atomic mass is 10.2. The molecule has 3 heterocycles. The van der Waals surface area contributed by atoms with Crippen LogP contribution in [0.1, 0.15) is 11.5 Å². The second-order valence-electron chi connectivity index (χ2n) is 6.71. The second kappa shape index (κ2) is 9.88. The lowest BCUT2D eigenvalue weighted by Crippen LogP contribution is -2.33. The molecule has 4 aromatic rings. The fourth-order valence-corrected chi connectivity index (χ4v) is 4.51. The number of hydrogen-bond acceptors (Lipinski definition) is 6. The quantitative estimate of drug-likeness (QED) is 0.456. The summed E-state index contributed by atoms with van der Waals surface area (Å²) in [6, 6.07) is 15.2. The molecule has 0 saturated carbocycles. The molecule has 0 aliphatic carbocycles. The minimum atomic E-state index is -0.708. The van der Waals surface area contributed by atoms with E-state index in [4.69, 9.17) is 27.6 Å². The molecule has 0 fully saturated rings. The van der Waals surface area contributed by atoms with Gasteiger partial charge in [-0.2, -0.15) is 5.26 Å². The third-order valence-electron chi connectivity index (χ3n) is 4.50. The van der Waals surface area contributed by atoms with Crippen LogP contribution in [0, 0.1) is 11.3 Å². The summed E-state index contributed by atoms with van der Waals surface area (Å²) in [7, 11) is 0. The van der Waals surface area contributed by atoms with Gasteiger partial charge in [0, 0.05) is 11.2 Å². The van der Waals surface area contributed by atoms with E-state index in [9.17, 15) is 14.9 Å². The summed E-state index contributed by atoms with van der Waals surface area (Å²) in [4.78, 5) is 30.4. The highest BCUT2D eigenvalue weighted by Crippen LogP contribution is 2.25. The van der Waals surface area contributed by atoms with Crippen molar-refractivity contribution in [2.75, 3.05) is 5.32 Å². The highest BCUT2D eigenvalue weighted by molar-refractivity contribution is 7.07. The Kier molecular flexibility index (Phi) is 6.75. The van der Waals surface area contributed by atoms with E-state index >= 15 is 0 Å². The Hall–Kier alpha value is -3.64. The highest BCUT2D eigenvalue weighted by Gasteiger charge is 2.18. The van der Waals surface area contributed by atoms with Crippen LogP contribution in [0.3, 0.4) is 0 Å². The smallest absolute Gasteiger partial charge is 0.269 e. The number of halogens is 2. The zero-order valence-corrected chi connectivity index (χ0v) is 19.1. The number of anilines is 1. The normalized spacial score (nSPS) is 12.3. The molecule has 0 aliphatic rings. The van der Waals surface area contributed by atoms with Crippen molar-refractivity contribution in [3.63, 3.8) is 0 Å². The molecule has 0 bridgehead atoms. The topological polar surface area (TPSA) is 101 Å². The summed E-state index contributed by atoms with van der Waals surface area (Å²) in [6.45, 7) is 0.0495. The maximum atomic E-state index is 13.2. The van der Waals surface area contributed by atoms with Crippen molar-refractivity contribution >= 4 is 57.8 Å². The van der Waals surface area contributed by atoms with E-state index in [1.165, 1.54) is 23.0 Å². The molecule has 0 unspecified atom stereocenters. The third kappa shape index (κ3) is 5.07. The number of aromatic nitrogens is 2. The van der Waals surface area contributed by atoms with Gasteiger partial charge in [-0.25, -0.2) is 0 Å². The number of carbonyl (C=O) groups is 1. The van der Waals surface area contributed by atoms with Gasteiger partial charge in [0.2, 0.25) is 0 Å². The molecule has 3 aromatic heterocycles. The molecule has 7 nitrogen and oxygen atoms in total. The Morgan fingerprint density at radius 1 is 1.24 bits per heavy atom. The van der Waals surface area contributed by atoms with Crippen LogP contribution in [0.15, 0.2) is 70.2 Å². The van der Waals surface area contributed by atoms with E-state index < -0.39 is 5.91 Å². The van der Waals surface area contributed by atoms with E-state index in [-0.39, 0.29) is 33.0 Å². The molecule has 164 valence electrons. The fourth-order valence-electron chi connectivity index (χ4n) is 2.97. The van der Waals surface area contributed by atoms with Crippen molar-refractivity contribution < 1.29 is 9.21 Å². The lowest BCUT2D eigenvalue weighted by Gasteiger charge is -2.07. The Morgan fingerprint density at radius 2 is 2.09 bits per heavy atom. The highest BCUT2D eigenvalue weighted by atomic mass is 35.5. The maximum absolute atomic E-state index is 13.2. The van der Waals surface area contributed by atoms with Gasteiger partial charge in [0.05, 0.1) is 33.7 Å². The number of rotatable bonds is 5. The number of nitriles is 1. The van der Waals surface area contributed by atoms with Gasteiger partial charge in [0.1, 0.15) is 16.5 Å². The van der Waals surface area contributed by atoms with Crippen LogP contribution in [0.25, 0.3) is 11.6 Å². The van der Waals surface area contributed by atoms with Crippen molar-refractivity contribution in [2.24, 2.45) is 0 Å². The Morgan fingerprint density at radius 3 is 2.76 bits per heavy atom. The number of hydrogen-bond donors (Lipinski definition) is 1. The van der Waals surface area contributed by atoms with Crippen LogP contribution in [-0.2, 0) is 11.3 Å². The monoisotopic (exact) mass is 496 g/mol. The van der Waals surface area contributed by atoms with Crippen molar-refractivity contribution in [1.82, 2.24) is 9.55 Å². The predicted octanol–water partition coefficient (Wildman–Crippen LogP) is 3.39. The number of benzene rings is 1. The van der Waals surface area contributed by atoms with Crippen LogP contribution in [-0.4, -0.2) is 15.5 Å². The van der Waals surface area contributed by atoms with Gasteiger partial charge in [-0.15, -0.1) is 11.3 Å². The van der Waals surface area contributed by atoms with Gasteiger partial charge in [-0.1, -0.05) is 29.3 Å². The summed E-state index contributed by atoms with van der Waals surface area (Å²) < 4.78 is 7.21. The number of nitrogens with one attached hydrogen (secondary N) is 1. The molecule has 1 N–H and O–H groups in total. The summed E-state index contributed by atoms with van der Waals surface area (Å²) in [6.07, 6.45) is 4.70. The fraction of sp³-hybridized carbons (Fsp3) is 0.0435. The van der Waals surface area contributed by atoms with E-state index in [1.54, 1.807) is 48.7 Å². The van der Waals surface area contributed by atoms with Crippen LogP contribution in [0.2, 0.25) is 10.0 Å². The maximum Gasteiger partial charge on any atom is 0.269 e. The zero-order valence-electron chi connectivity index (χ0n) is 16.8. The first-order chi connectivity index (χ1) is 16.0. The van der Waals surface area contributed by atoms with E-state index in [2.05, 4.69) is 10.3 Å². The Balaban J connectivity index is 1.88. The number of carbonyl (C=O) groups excluding carboxylic acids is 1. The van der Waals surface area contributed by atoms with Crippen LogP contribution in [0.4, 0.5) is 5.69 Å². The molecule has 0 atom stereocenters. The Bertz CT molecular complexity index is 1540. The van der Waals surface area contributed by atoms with Crippen molar-refractivity contribution in [2.45, 2.75) is 6.54 Å². The average molecular weight is 497 g/mol. The number of pyridine rings is 1. The van der Waals surface area contributed by atoms with Gasteiger partial charge < -0.3 is 9.73 Å². The zero-order chi connectivity index (χ0) is 23.4. The molecular formula is C23H14Cl2N4O3S. The summed E-state index contributed by atoms with van der Waals surface area (Å²) in [5, 5.41) is 13.1. The van der Waals surface area contributed by atoms with E-state index in [0.717, 1.165) is 11.3 Å². The summed E-state index contributed by atoms with van der Waals surface area (Å²) >= 11 is 13.1. The lowest BCUT2D eigenvalue weighted by molar-refractivity contribution is -0.111. The first-order valence-electron chi connectivity index (χ1n) is 9.52. The predicted molar refractivity (Wildman–Crippen MR) is 128 cm³/mol. The molecule has 0 radical (unpaired) electrons. The number of nitrogens with zero attached hydrogens (tertiary/aromatic N) is 3. The van der Waals surface area contributed by atoms with Crippen molar-refractivity contribution in [1.29, 1.82) is 5.26 Å². The first-order valence-corrected chi connectivity index (χ1v) is 11.1. The molecule has 1 amide bonds. The minimum Gasteiger partial charge on any atom is -0.467 e. The molecule has 4 rings (SSSR count). The summed E-state index contributed by atoms with van der Waals surface area (Å²) in [5.74, 6) is -0.209. The van der Waals surface area contributed by atoms with E-state index in [0.29, 0.717) is 21.0 Å². The van der Waals surface area contributed by atoms with Crippen LogP contribution >= 0.6 is 34.5 Å². The Labute approximate surface area is 201 Å². The number of thiazole rings is 1. The third-order valence-corrected chi connectivity index (χ3v) is 6.18. The summed E-state index contributed by atoms with van der Waals surface area (Å²) in [5.41, 5.74) is 0.247. The number of furan rings is 1. The average Bonchev–Trinajstić information content (AvgIpc) is 3.42. The molecule has 0 saturated heterocycles. The minimum absolute atomic E-state index is 0.0495. The van der Waals surface area contributed by atoms with Crippen LogP contribution in [0.5, 0.6) is 0 Å². The van der Waals surface area contributed by atoms with Crippen molar-refractivity contribution in [3.05, 3.63) is 102 Å². The molecule has 10 heteroatoms. The molecule has 1 aromatic carbocycles. The van der Waals surface area contributed by atoms with Gasteiger partial charge in [0.25, 0.3) is 11.5 Å². The van der Waals surface area contributed by atoms with Crippen LogP contribution < -0.4 is 20.1 Å². The van der Waals surface area contributed by atoms with Gasteiger partial charge in [-0.3, -0.25) is 19.1 Å². The first kappa shape index (κ1) is 22.6. The molecular weight excluding hydrogens is 483 g/mol. The standard InChI is InChI=1S/C23H14Cl2N4O3S/c24-14-6-7-19(18(25)10-14)28-21(30)17(12-26)23-29(13-16-5-3-9-32-16)22(31)20(33-23)11-15-4-1-2-8-27-15/h1-11H,13H2,(H,28,30).